The molecule has 1 N–H and O–H groups in total. The Morgan fingerprint density at radius 3 is 2.73 bits per heavy atom. The van der Waals surface area contributed by atoms with E-state index in [0.29, 0.717) is 23.9 Å². The molecule has 3 nitrogen and oxygen atoms in total. The Morgan fingerprint density at radius 2 is 1.95 bits per heavy atom. The van der Waals surface area contributed by atoms with Crippen molar-refractivity contribution in [2.75, 3.05) is 0 Å². The molecule has 1 unspecified atom stereocenters. The Balaban J connectivity index is 1.62. The van der Waals surface area contributed by atoms with Crippen molar-refractivity contribution in [2.45, 2.75) is 44.4 Å². The largest absolute Gasteiger partial charge is 0.392 e. The van der Waals surface area contributed by atoms with Crippen LogP contribution in [0.5, 0.6) is 0 Å². The molecule has 0 aromatic heterocycles. The lowest BCUT2D eigenvalue weighted by atomic mass is 9.76. The summed E-state index contributed by atoms with van der Waals surface area (Å²) < 4.78 is 26.4. The molecule has 3 aliphatic rings. The predicted molar refractivity (Wildman–Crippen MR) is 75.6 cm³/mol. The monoisotopic (exact) mass is 307 g/mol. The standard InChI is InChI=1S/C17H19F2NO2/c18-12-4-1-9(5-13(12)19)8-20-15(22)7-14(21)16-10-2-3-11(6-10)17(16)20/h1,4-5,10-11,14,16-17,21H,2-3,6-8H2/t10-,11+,14?,16-,17-/m0/s1. The molecule has 4 rings (SSSR count). The molecule has 0 radical (unpaired) electrons. The fraction of sp³-hybridized carbons (Fsp3) is 0.588. The lowest BCUT2D eigenvalue weighted by Crippen LogP contribution is -2.56. The fourth-order valence-electron chi connectivity index (χ4n) is 4.94. The van der Waals surface area contributed by atoms with Crippen LogP contribution in [0.15, 0.2) is 18.2 Å². The second-order valence-corrected chi connectivity index (χ2v) is 6.94. The molecule has 2 aliphatic carbocycles. The zero-order chi connectivity index (χ0) is 15.4. The van der Waals surface area contributed by atoms with Gasteiger partial charge >= 0.3 is 0 Å². The van der Waals surface area contributed by atoms with Crippen LogP contribution in [0.3, 0.4) is 0 Å². The van der Waals surface area contributed by atoms with Gasteiger partial charge in [0, 0.05) is 18.5 Å². The summed E-state index contributed by atoms with van der Waals surface area (Å²) in [5, 5.41) is 10.3. The summed E-state index contributed by atoms with van der Waals surface area (Å²) in [6, 6.07) is 3.85. The van der Waals surface area contributed by atoms with E-state index in [-0.39, 0.29) is 24.3 Å². The Bertz CT molecular complexity index is 621. The first-order valence-electron chi connectivity index (χ1n) is 7.96. The van der Waals surface area contributed by atoms with E-state index in [2.05, 4.69) is 0 Å². The number of carbonyl (C=O) groups is 1. The molecule has 5 atom stereocenters. The average Bonchev–Trinajstić information content (AvgIpc) is 3.08. The van der Waals surface area contributed by atoms with Crippen LogP contribution < -0.4 is 0 Å². The smallest absolute Gasteiger partial charge is 0.225 e. The Morgan fingerprint density at radius 1 is 1.18 bits per heavy atom. The number of piperidine rings is 1. The van der Waals surface area contributed by atoms with Crippen LogP contribution in [0, 0.1) is 29.4 Å². The van der Waals surface area contributed by atoms with Gasteiger partial charge in [-0.05, 0) is 48.8 Å². The zero-order valence-electron chi connectivity index (χ0n) is 12.2. The van der Waals surface area contributed by atoms with Gasteiger partial charge in [-0.25, -0.2) is 8.78 Å². The van der Waals surface area contributed by atoms with Crippen molar-refractivity contribution in [3.63, 3.8) is 0 Å². The van der Waals surface area contributed by atoms with Crippen molar-refractivity contribution in [1.82, 2.24) is 4.90 Å². The van der Waals surface area contributed by atoms with Crippen LogP contribution in [-0.2, 0) is 11.3 Å². The van der Waals surface area contributed by atoms with E-state index in [9.17, 15) is 18.7 Å². The van der Waals surface area contributed by atoms with Crippen LogP contribution in [-0.4, -0.2) is 28.1 Å². The van der Waals surface area contributed by atoms with Crippen LogP contribution in [0.2, 0.25) is 0 Å². The molecule has 5 heteroatoms. The van der Waals surface area contributed by atoms with Gasteiger partial charge in [0.05, 0.1) is 12.5 Å². The number of fused-ring (bicyclic) bond motifs is 5. The quantitative estimate of drug-likeness (QED) is 0.912. The SMILES string of the molecule is O=C1CC(O)[C@@H]2[C@H]3CC[C@H](C3)[C@@H]2N1Cc1ccc(F)c(F)c1. The van der Waals surface area contributed by atoms with Gasteiger partial charge in [-0.15, -0.1) is 0 Å². The highest BCUT2D eigenvalue weighted by molar-refractivity contribution is 5.78. The molecule has 2 saturated carbocycles. The third kappa shape index (κ3) is 2.06. The zero-order valence-corrected chi connectivity index (χ0v) is 12.2. The van der Waals surface area contributed by atoms with Crippen molar-refractivity contribution < 1.29 is 18.7 Å². The Kier molecular flexibility index (Phi) is 3.22. The van der Waals surface area contributed by atoms with Crippen molar-refractivity contribution >= 4 is 5.91 Å². The summed E-state index contributed by atoms with van der Waals surface area (Å²) in [5.41, 5.74) is 0.602. The molecule has 118 valence electrons. The van der Waals surface area contributed by atoms with Gasteiger partial charge in [-0.3, -0.25) is 4.79 Å². The third-order valence-corrected chi connectivity index (χ3v) is 5.78. The summed E-state index contributed by atoms with van der Waals surface area (Å²) in [7, 11) is 0. The van der Waals surface area contributed by atoms with Gasteiger partial charge in [0.25, 0.3) is 0 Å². The van der Waals surface area contributed by atoms with Gasteiger partial charge in [0.2, 0.25) is 5.91 Å². The first kappa shape index (κ1) is 14.1. The topological polar surface area (TPSA) is 40.5 Å². The van der Waals surface area contributed by atoms with E-state index in [4.69, 9.17) is 0 Å². The van der Waals surface area contributed by atoms with E-state index >= 15 is 0 Å². The van der Waals surface area contributed by atoms with Gasteiger partial charge in [0.1, 0.15) is 0 Å². The minimum Gasteiger partial charge on any atom is -0.392 e. The Labute approximate surface area is 127 Å². The molecule has 1 amide bonds. The first-order chi connectivity index (χ1) is 10.5. The summed E-state index contributed by atoms with van der Waals surface area (Å²) in [6.07, 6.45) is 2.91. The number of rotatable bonds is 2. The second-order valence-electron chi connectivity index (χ2n) is 6.94. The van der Waals surface area contributed by atoms with Gasteiger partial charge < -0.3 is 10.0 Å². The molecule has 1 aliphatic heterocycles. The highest BCUT2D eigenvalue weighted by atomic mass is 19.2. The number of aliphatic hydroxyl groups is 1. The van der Waals surface area contributed by atoms with Gasteiger partial charge in [0.15, 0.2) is 11.6 Å². The van der Waals surface area contributed by atoms with Crippen LogP contribution in [0.4, 0.5) is 8.78 Å². The van der Waals surface area contributed by atoms with Crippen molar-refractivity contribution in [3.05, 3.63) is 35.4 Å². The second kappa shape index (κ2) is 5.01. The molecule has 1 heterocycles. The molecule has 1 aromatic carbocycles. The first-order valence-corrected chi connectivity index (χ1v) is 7.96. The molecule has 22 heavy (non-hydrogen) atoms. The predicted octanol–water partition coefficient (Wildman–Crippen LogP) is 2.47. The van der Waals surface area contributed by atoms with E-state index in [1.165, 1.54) is 6.07 Å². The van der Waals surface area contributed by atoms with Gasteiger partial charge in [-0.2, -0.15) is 0 Å². The van der Waals surface area contributed by atoms with Crippen molar-refractivity contribution in [2.24, 2.45) is 17.8 Å². The van der Waals surface area contributed by atoms with Crippen molar-refractivity contribution in [3.8, 4) is 0 Å². The molecule has 3 fully saturated rings. The number of carbonyl (C=O) groups excluding carboxylic acids is 1. The highest BCUT2D eigenvalue weighted by Gasteiger charge is 2.56. The van der Waals surface area contributed by atoms with Crippen LogP contribution >= 0.6 is 0 Å². The number of hydrogen-bond donors (Lipinski definition) is 1. The maximum atomic E-state index is 13.4. The van der Waals surface area contributed by atoms with E-state index in [0.717, 1.165) is 31.4 Å². The average molecular weight is 307 g/mol. The fourth-order valence-corrected chi connectivity index (χ4v) is 4.94. The number of hydrogen-bond acceptors (Lipinski definition) is 2. The molecular formula is C17H19F2NO2. The minimum atomic E-state index is -0.883. The maximum Gasteiger partial charge on any atom is 0.225 e. The molecule has 0 spiro atoms. The molecule has 1 saturated heterocycles. The Hall–Kier alpha value is -1.49. The van der Waals surface area contributed by atoms with E-state index in [1.807, 2.05) is 0 Å². The molecule has 2 bridgehead atoms. The lowest BCUT2D eigenvalue weighted by Gasteiger charge is -2.46. The third-order valence-electron chi connectivity index (χ3n) is 5.78. The number of likely N-dealkylation sites (tertiary alicyclic amines) is 1. The number of aliphatic hydroxyl groups excluding tert-OH is 1. The summed E-state index contributed by atoms with van der Waals surface area (Å²) in [6.45, 7) is 0.299. The van der Waals surface area contributed by atoms with Crippen molar-refractivity contribution in [1.29, 1.82) is 0 Å². The summed E-state index contributed by atoms with van der Waals surface area (Å²) in [4.78, 5) is 14.2. The lowest BCUT2D eigenvalue weighted by molar-refractivity contribution is -0.149. The molecular weight excluding hydrogens is 288 g/mol. The van der Waals surface area contributed by atoms with E-state index in [1.54, 1.807) is 4.90 Å². The number of nitrogens with zero attached hydrogens (tertiary/aromatic N) is 1. The number of benzene rings is 1. The number of amides is 1. The van der Waals surface area contributed by atoms with Crippen LogP contribution in [0.1, 0.15) is 31.2 Å². The molecule has 1 aromatic rings. The minimum absolute atomic E-state index is 0.0584. The summed E-state index contributed by atoms with van der Waals surface area (Å²) >= 11 is 0. The van der Waals surface area contributed by atoms with Crippen LogP contribution in [0.25, 0.3) is 0 Å². The highest BCUT2D eigenvalue weighted by Crippen LogP contribution is 2.54. The maximum absolute atomic E-state index is 13.4. The normalized spacial score (nSPS) is 36.8. The number of halogens is 2. The summed E-state index contributed by atoms with van der Waals surface area (Å²) in [5.74, 6) is -0.731. The van der Waals surface area contributed by atoms with E-state index < -0.39 is 17.7 Å². The van der Waals surface area contributed by atoms with Gasteiger partial charge in [-0.1, -0.05) is 6.07 Å².